The van der Waals surface area contributed by atoms with Gasteiger partial charge in [-0.15, -0.1) is 0 Å². The predicted octanol–water partition coefficient (Wildman–Crippen LogP) is 8.01. The molecule has 0 saturated heterocycles. The van der Waals surface area contributed by atoms with Crippen LogP contribution in [0.4, 0.5) is 0 Å². The summed E-state index contributed by atoms with van der Waals surface area (Å²) in [6.45, 7) is 4.35. The summed E-state index contributed by atoms with van der Waals surface area (Å²) >= 11 is 0. The molecule has 0 aliphatic heterocycles. The molecule has 0 aromatic carbocycles. The standard InChI is InChI=1S/C32H57NO5S/c1-3-5-7-9-11-13-15-16-18-20-22-24-26-28-32(35)33-30(29-39(36,37)38)31(34)27-25-23-21-19-17-14-12-10-8-6-4-2/h5,7,11,13,16,18,25,27,30-31,34H,3-4,6,8-10,12,14-15,17,19-24,26,28-29H2,1-2H3,(H,33,35)(H,36,37,38)/b7-5-,13-11-,18-16-,27-25+. The van der Waals surface area contributed by atoms with Crippen LogP contribution >= 0.6 is 0 Å². The number of carbonyl (C=O) groups is 1. The first-order chi connectivity index (χ1) is 18.8. The largest absolute Gasteiger partial charge is 0.387 e. The molecule has 0 fully saturated rings. The van der Waals surface area contributed by atoms with Crippen molar-refractivity contribution in [2.45, 2.75) is 142 Å². The summed E-state index contributed by atoms with van der Waals surface area (Å²) in [6, 6.07) is -1.07. The zero-order valence-electron chi connectivity index (χ0n) is 24.7. The lowest BCUT2D eigenvalue weighted by Gasteiger charge is -2.21. The van der Waals surface area contributed by atoms with Gasteiger partial charge in [0.25, 0.3) is 10.1 Å². The molecule has 0 rings (SSSR count). The lowest BCUT2D eigenvalue weighted by Crippen LogP contribution is -2.46. The fourth-order valence-electron chi connectivity index (χ4n) is 4.23. The van der Waals surface area contributed by atoms with E-state index in [1.54, 1.807) is 0 Å². The van der Waals surface area contributed by atoms with Crippen LogP contribution in [0.3, 0.4) is 0 Å². The minimum Gasteiger partial charge on any atom is -0.387 e. The van der Waals surface area contributed by atoms with Crippen LogP contribution in [0.1, 0.15) is 129 Å². The number of allylic oxidation sites excluding steroid dienone is 7. The lowest BCUT2D eigenvalue weighted by molar-refractivity contribution is -0.122. The summed E-state index contributed by atoms with van der Waals surface area (Å²) in [7, 11) is -4.34. The average molecular weight is 568 g/mol. The number of hydrogen-bond donors (Lipinski definition) is 3. The molecule has 0 aliphatic rings. The first-order valence-electron chi connectivity index (χ1n) is 15.3. The molecule has 0 spiro atoms. The Bertz CT molecular complexity index is 801. The maximum absolute atomic E-state index is 12.4. The molecule has 0 aromatic heterocycles. The molecule has 0 heterocycles. The molecule has 39 heavy (non-hydrogen) atoms. The van der Waals surface area contributed by atoms with Crippen molar-refractivity contribution in [1.82, 2.24) is 5.32 Å². The van der Waals surface area contributed by atoms with E-state index in [2.05, 4.69) is 55.6 Å². The van der Waals surface area contributed by atoms with Crippen LogP contribution in [-0.2, 0) is 14.9 Å². The number of aliphatic hydroxyl groups excluding tert-OH is 1. The van der Waals surface area contributed by atoms with Gasteiger partial charge in [-0.3, -0.25) is 9.35 Å². The van der Waals surface area contributed by atoms with E-state index in [0.717, 1.165) is 57.8 Å². The summed E-state index contributed by atoms with van der Waals surface area (Å²) in [5.74, 6) is -1.02. The van der Waals surface area contributed by atoms with Gasteiger partial charge in [0.1, 0.15) is 0 Å². The molecule has 0 radical (unpaired) electrons. The van der Waals surface area contributed by atoms with Crippen molar-refractivity contribution < 1.29 is 22.9 Å². The number of nitrogens with one attached hydrogen (secondary N) is 1. The molecule has 3 N–H and O–H groups in total. The van der Waals surface area contributed by atoms with Gasteiger partial charge in [0.2, 0.25) is 5.91 Å². The van der Waals surface area contributed by atoms with Crippen LogP contribution < -0.4 is 5.32 Å². The van der Waals surface area contributed by atoms with Crippen molar-refractivity contribution in [3.05, 3.63) is 48.6 Å². The second-order valence-corrected chi connectivity index (χ2v) is 11.8. The zero-order chi connectivity index (χ0) is 29.0. The molecule has 2 unspecified atom stereocenters. The summed E-state index contributed by atoms with van der Waals surface area (Å²) < 4.78 is 32.1. The van der Waals surface area contributed by atoms with Gasteiger partial charge in [0.05, 0.1) is 17.9 Å². The van der Waals surface area contributed by atoms with Gasteiger partial charge in [-0.25, -0.2) is 0 Å². The van der Waals surface area contributed by atoms with Gasteiger partial charge in [-0.1, -0.05) is 120 Å². The van der Waals surface area contributed by atoms with Crippen molar-refractivity contribution >= 4 is 16.0 Å². The van der Waals surface area contributed by atoms with E-state index < -0.39 is 28.0 Å². The van der Waals surface area contributed by atoms with E-state index in [-0.39, 0.29) is 12.3 Å². The van der Waals surface area contributed by atoms with Crippen LogP contribution in [-0.4, -0.2) is 41.9 Å². The average Bonchev–Trinajstić information content (AvgIpc) is 2.88. The van der Waals surface area contributed by atoms with E-state index >= 15 is 0 Å². The van der Waals surface area contributed by atoms with Crippen molar-refractivity contribution in [3.63, 3.8) is 0 Å². The smallest absolute Gasteiger partial charge is 0.267 e. The molecule has 0 bridgehead atoms. The van der Waals surface area contributed by atoms with Crippen LogP contribution in [0.25, 0.3) is 0 Å². The number of carbonyl (C=O) groups excluding carboxylic acids is 1. The first-order valence-corrected chi connectivity index (χ1v) is 16.9. The Kier molecular flexibility index (Phi) is 25.4. The molecule has 0 aromatic rings. The minimum atomic E-state index is -4.34. The second kappa shape index (κ2) is 26.5. The molecular weight excluding hydrogens is 510 g/mol. The number of hydrogen-bond acceptors (Lipinski definition) is 4. The first kappa shape index (κ1) is 37.3. The molecule has 0 saturated carbocycles. The topological polar surface area (TPSA) is 104 Å². The van der Waals surface area contributed by atoms with Crippen molar-refractivity contribution in [2.24, 2.45) is 0 Å². The minimum absolute atomic E-state index is 0.259. The third-order valence-electron chi connectivity index (χ3n) is 6.51. The van der Waals surface area contributed by atoms with E-state index in [9.17, 15) is 22.9 Å². The molecule has 226 valence electrons. The quantitative estimate of drug-likeness (QED) is 0.0558. The highest BCUT2D eigenvalue weighted by Gasteiger charge is 2.24. The van der Waals surface area contributed by atoms with Gasteiger partial charge >= 0.3 is 0 Å². The second-order valence-electron chi connectivity index (χ2n) is 10.4. The van der Waals surface area contributed by atoms with Crippen LogP contribution in [0.2, 0.25) is 0 Å². The van der Waals surface area contributed by atoms with Crippen molar-refractivity contribution in [1.29, 1.82) is 0 Å². The Morgan fingerprint density at radius 2 is 1.23 bits per heavy atom. The van der Waals surface area contributed by atoms with Crippen LogP contribution in [0.15, 0.2) is 48.6 Å². The van der Waals surface area contributed by atoms with Gasteiger partial charge < -0.3 is 10.4 Å². The van der Waals surface area contributed by atoms with Crippen LogP contribution in [0, 0.1) is 0 Å². The Labute approximate surface area is 239 Å². The van der Waals surface area contributed by atoms with E-state index in [4.69, 9.17) is 0 Å². The summed E-state index contributed by atoms with van der Waals surface area (Å²) in [4.78, 5) is 12.4. The number of unbranched alkanes of at least 4 members (excludes halogenated alkanes) is 12. The van der Waals surface area contributed by atoms with E-state index in [1.807, 2.05) is 6.08 Å². The Hall–Kier alpha value is -1.70. The monoisotopic (exact) mass is 567 g/mol. The highest BCUT2D eigenvalue weighted by atomic mass is 32.2. The van der Waals surface area contributed by atoms with Gasteiger partial charge in [-0.05, 0) is 51.4 Å². The zero-order valence-corrected chi connectivity index (χ0v) is 25.6. The molecule has 2 atom stereocenters. The highest BCUT2D eigenvalue weighted by molar-refractivity contribution is 7.85. The number of rotatable bonds is 26. The maximum atomic E-state index is 12.4. The SMILES string of the molecule is CC/C=C\C/C=C\C/C=C\CCCCCC(=O)NC(CS(=O)(=O)O)C(O)/C=C/CCCCCCCCCCC. The Morgan fingerprint density at radius 3 is 1.82 bits per heavy atom. The Balaban J connectivity index is 4.18. The van der Waals surface area contributed by atoms with Gasteiger partial charge in [-0.2, -0.15) is 8.42 Å². The highest BCUT2D eigenvalue weighted by Crippen LogP contribution is 2.11. The fraction of sp³-hybridized carbons (Fsp3) is 0.719. The number of aliphatic hydroxyl groups is 1. The predicted molar refractivity (Wildman–Crippen MR) is 165 cm³/mol. The molecule has 1 amide bonds. The summed E-state index contributed by atoms with van der Waals surface area (Å²) in [5.41, 5.74) is 0. The van der Waals surface area contributed by atoms with Gasteiger partial charge in [0, 0.05) is 6.42 Å². The molecular formula is C32H57NO5S. The third-order valence-corrected chi connectivity index (χ3v) is 7.29. The molecule has 6 nitrogen and oxygen atoms in total. The summed E-state index contributed by atoms with van der Waals surface area (Å²) in [5, 5.41) is 13.1. The Morgan fingerprint density at radius 1 is 0.718 bits per heavy atom. The van der Waals surface area contributed by atoms with Gasteiger partial charge in [0.15, 0.2) is 0 Å². The summed E-state index contributed by atoms with van der Waals surface area (Å²) in [6.07, 6.45) is 33.8. The third kappa shape index (κ3) is 27.7. The fourth-order valence-corrected chi connectivity index (χ4v) is 4.96. The van der Waals surface area contributed by atoms with E-state index in [0.29, 0.717) is 6.42 Å². The normalized spacial score (nSPS) is 14.3. The van der Waals surface area contributed by atoms with Crippen molar-refractivity contribution in [3.8, 4) is 0 Å². The number of amides is 1. The maximum Gasteiger partial charge on any atom is 0.267 e. The van der Waals surface area contributed by atoms with Crippen molar-refractivity contribution in [2.75, 3.05) is 5.75 Å². The lowest BCUT2D eigenvalue weighted by atomic mass is 10.1. The van der Waals surface area contributed by atoms with E-state index in [1.165, 1.54) is 51.0 Å². The molecule has 7 heteroatoms. The van der Waals surface area contributed by atoms with Crippen LogP contribution in [0.5, 0.6) is 0 Å². The molecule has 0 aliphatic carbocycles.